The van der Waals surface area contributed by atoms with Gasteiger partial charge in [-0.05, 0) is 12.1 Å². The van der Waals surface area contributed by atoms with Crippen molar-refractivity contribution in [3.63, 3.8) is 0 Å². The number of methoxy groups -OCH3 is 3. The highest BCUT2D eigenvalue weighted by molar-refractivity contribution is 7.99. The van der Waals surface area contributed by atoms with E-state index in [1.54, 1.807) is 19.2 Å². The first-order valence-corrected chi connectivity index (χ1v) is 8.90. The van der Waals surface area contributed by atoms with Crippen molar-refractivity contribution < 1.29 is 23.4 Å². The van der Waals surface area contributed by atoms with Gasteiger partial charge >= 0.3 is 0 Å². The van der Waals surface area contributed by atoms with Crippen LogP contribution >= 0.6 is 11.8 Å². The third-order valence-corrected chi connectivity index (χ3v) is 4.43. The standard InChI is InChI=1S/C17H20N4O5S/c1-21(7-5-6-18)14(22)10-27-17-20-19-16(26-17)11-8-12(23-2)15(25-4)13(9-11)24-3/h8-9H,5,7,10H2,1-4H3. The molecule has 0 unspecified atom stereocenters. The molecule has 0 fully saturated rings. The number of carbonyl (C=O) groups excluding carboxylic acids is 1. The van der Waals surface area contributed by atoms with Gasteiger partial charge in [-0.25, -0.2) is 0 Å². The number of aromatic nitrogens is 2. The number of rotatable bonds is 9. The van der Waals surface area contributed by atoms with Crippen molar-refractivity contribution in [2.24, 2.45) is 0 Å². The Labute approximate surface area is 161 Å². The van der Waals surface area contributed by atoms with E-state index in [0.717, 1.165) is 11.8 Å². The summed E-state index contributed by atoms with van der Waals surface area (Å²) in [6, 6.07) is 5.40. The Hall–Kier alpha value is -2.93. The summed E-state index contributed by atoms with van der Waals surface area (Å²) in [5.41, 5.74) is 0.598. The maximum absolute atomic E-state index is 12.0. The van der Waals surface area contributed by atoms with Gasteiger partial charge in [-0.2, -0.15) is 5.26 Å². The molecular weight excluding hydrogens is 372 g/mol. The highest BCUT2D eigenvalue weighted by Crippen LogP contribution is 2.41. The van der Waals surface area contributed by atoms with Crippen molar-refractivity contribution in [1.82, 2.24) is 15.1 Å². The fourth-order valence-electron chi connectivity index (χ4n) is 2.17. The fourth-order valence-corrected chi connectivity index (χ4v) is 2.87. The summed E-state index contributed by atoms with van der Waals surface area (Å²) in [6.45, 7) is 0.385. The molecule has 27 heavy (non-hydrogen) atoms. The largest absolute Gasteiger partial charge is 0.493 e. The molecule has 1 aromatic heterocycles. The minimum atomic E-state index is -0.122. The van der Waals surface area contributed by atoms with Crippen LogP contribution in [0.3, 0.4) is 0 Å². The summed E-state index contributed by atoms with van der Waals surface area (Å²) in [7, 11) is 6.21. The number of hydrogen-bond acceptors (Lipinski definition) is 9. The zero-order valence-electron chi connectivity index (χ0n) is 15.5. The van der Waals surface area contributed by atoms with Gasteiger partial charge in [0.15, 0.2) is 11.5 Å². The molecule has 0 radical (unpaired) electrons. The number of thioether (sulfide) groups is 1. The Morgan fingerprint density at radius 1 is 1.22 bits per heavy atom. The zero-order valence-corrected chi connectivity index (χ0v) is 16.3. The number of nitrogens with zero attached hydrogens (tertiary/aromatic N) is 4. The first-order chi connectivity index (χ1) is 13.0. The lowest BCUT2D eigenvalue weighted by Gasteiger charge is -2.14. The molecule has 1 amide bonds. The van der Waals surface area contributed by atoms with E-state index in [0.29, 0.717) is 35.8 Å². The molecule has 2 aromatic rings. The molecule has 9 nitrogen and oxygen atoms in total. The molecule has 1 aromatic carbocycles. The fraction of sp³-hybridized carbons (Fsp3) is 0.412. The molecule has 0 saturated carbocycles. The topological polar surface area (TPSA) is 111 Å². The van der Waals surface area contributed by atoms with E-state index in [4.69, 9.17) is 23.9 Å². The van der Waals surface area contributed by atoms with E-state index in [-0.39, 0.29) is 22.8 Å². The molecule has 0 aliphatic carbocycles. The minimum absolute atomic E-state index is 0.122. The van der Waals surface area contributed by atoms with E-state index in [2.05, 4.69) is 10.2 Å². The molecule has 0 spiro atoms. The van der Waals surface area contributed by atoms with E-state index in [9.17, 15) is 4.79 Å². The number of carbonyl (C=O) groups is 1. The third kappa shape index (κ3) is 5.04. The first kappa shape index (κ1) is 20.4. The minimum Gasteiger partial charge on any atom is -0.493 e. The summed E-state index contributed by atoms with van der Waals surface area (Å²) in [6.07, 6.45) is 0.290. The molecule has 0 atom stereocenters. The van der Waals surface area contributed by atoms with Gasteiger partial charge in [-0.1, -0.05) is 11.8 Å². The predicted octanol–water partition coefficient (Wildman–Crippen LogP) is 2.23. The van der Waals surface area contributed by atoms with Gasteiger partial charge in [0.05, 0.1) is 39.6 Å². The van der Waals surface area contributed by atoms with Gasteiger partial charge in [0.25, 0.3) is 5.22 Å². The van der Waals surface area contributed by atoms with Crippen molar-refractivity contribution in [2.75, 3.05) is 40.7 Å². The van der Waals surface area contributed by atoms with Crippen LogP contribution in [-0.2, 0) is 4.79 Å². The van der Waals surface area contributed by atoms with Gasteiger partial charge in [0.1, 0.15) is 0 Å². The maximum atomic E-state index is 12.0. The van der Waals surface area contributed by atoms with Crippen LogP contribution in [0.1, 0.15) is 6.42 Å². The molecule has 0 aliphatic heterocycles. The molecule has 0 N–H and O–H groups in total. The highest BCUT2D eigenvalue weighted by atomic mass is 32.2. The van der Waals surface area contributed by atoms with Crippen LogP contribution in [0, 0.1) is 11.3 Å². The molecule has 10 heteroatoms. The van der Waals surface area contributed by atoms with Crippen molar-refractivity contribution in [3.8, 4) is 34.8 Å². The Kier molecular flexibility index (Phi) is 7.31. The van der Waals surface area contributed by atoms with Gasteiger partial charge in [0, 0.05) is 19.2 Å². The second-order valence-electron chi connectivity index (χ2n) is 5.30. The van der Waals surface area contributed by atoms with Crippen molar-refractivity contribution in [3.05, 3.63) is 12.1 Å². The monoisotopic (exact) mass is 392 g/mol. The Bertz CT molecular complexity index is 808. The molecule has 0 bridgehead atoms. The normalized spacial score (nSPS) is 10.2. The Balaban J connectivity index is 2.11. The lowest BCUT2D eigenvalue weighted by molar-refractivity contribution is -0.127. The molecule has 0 saturated heterocycles. The Morgan fingerprint density at radius 3 is 2.44 bits per heavy atom. The SMILES string of the molecule is COc1cc(-c2nnc(SCC(=O)N(C)CCC#N)o2)cc(OC)c1OC. The number of ether oxygens (including phenoxy) is 3. The predicted molar refractivity (Wildman–Crippen MR) is 98.0 cm³/mol. The van der Waals surface area contributed by atoms with Gasteiger partial charge in [0.2, 0.25) is 17.5 Å². The van der Waals surface area contributed by atoms with Crippen LogP contribution in [0.25, 0.3) is 11.5 Å². The lowest BCUT2D eigenvalue weighted by Crippen LogP contribution is -2.29. The van der Waals surface area contributed by atoms with Crippen LogP contribution < -0.4 is 14.2 Å². The van der Waals surface area contributed by atoms with E-state index in [1.165, 1.54) is 26.2 Å². The van der Waals surface area contributed by atoms with Crippen molar-refractivity contribution in [1.29, 1.82) is 5.26 Å². The van der Waals surface area contributed by atoms with Crippen molar-refractivity contribution >= 4 is 17.7 Å². The van der Waals surface area contributed by atoms with Gasteiger partial charge < -0.3 is 23.5 Å². The van der Waals surface area contributed by atoms with Crippen LogP contribution in [0.15, 0.2) is 21.8 Å². The summed E-state index contributed by atoms with van der Waals surface area (Å²) < 4.78 is 21.5. The second kappa shape index (κ2) is 9.68. The maximum Gasteiger partial charge on any atom is 0.277 e. The second-order valence-corrected chi connectivity index (χ2v) is 6.23. The average Bonchev–Trinajstić information content (AvgIpc) is 3.17. The van der Waals surface area contributed by atoms with E-state index >= 15 is 0 Å². The Morgan fingerprint density at radius 2 is 1.89 bits per heavy atom. The summed E-state index contributed by atoms with van der Waals surface area (Å²) in [5.74, 6) is 1.68. The van der Waals surface area contributed by atoms with Crippen LogP contribution in [-0.4, -0.2) is 61.7 Å². The molecule has 1 heterocycles. The molecule has 144 valence electrons. The number of benzene rings is 1. The van der Waals surface area contributed by atoms with E-state index in [1.807, 2.05) is 6.07 Å². The highest BCUT2D eigenvalue weighted by Gasteiger charge is 2.18. The summed E-state index contributed by atoms with van der Waals surface area (Å²) in [4.78, 5) is 13.5. The average molecular weight is 392 g/mol. The molecular formula is C17H20N4O5S. The van der Waals surface area contributed by atoms with Crippen molar-refractivity contribution in [2.45, 2.75) is 11.6 Å². The number of nitriles is 1. The van der Waals surface area contributed by atoms with Gasteiger partial charge in [-0.15, -0.1) is 10.2 Å². The lowest BCUT2D eigenvalue weighted by atomic mass is 10.2. The summed E-state index contributed by atoms with van der Waals surface area (Å²) in [5, 5.41) is 16.8. The summed E-state index contributed by atoms with van der Waals surface area (Å²) >= 11 is 1.13. The first-order valence-electron chi connectivity index (χ1n) is 7.91. The quantitative estimate of drug-likeness (QED) is 0.593. The number of amides is 1. The van der Waals surface area contributed by atoms with E-state index < -0.39 is 0 Å². The van der Waals surface area contributed by atoms with Crippen LogP contribution in [0.4, 0.5) is 0 Å². The molecule has 0 aliphatic rings. The van der Waals surface area contributed by atoms with Crippen LogP contribution in [0.2, 0.25) is 0 Å². The number of hydrogen-bond donors (Lipinski definition) is 0. The van der Waals surface area contributed by atoms with Gasteiger partial charge in [-0.3, -0.25) is 4.79 Å². The zero-order chi connectivity index (χ0) is 19.8. The third-order valence-electron chi connectivity index (χ3n) is 3.62. The smallest absolute Gasteiger partial charge is 0.277 e. The molecule has 2 rings (SSSR count). The van der Waals surface area contributed by atoms with Crippen LogP contribution in [0.5, 0.6) is 17.2 Å².